The first-order valence-corrected chi connectivity index (χ1v) is 7.04. The van der Waals surface area contributed by atoms with Crippen LogP contribution in [0.2, 0.25) is 0 Å². The molecule has 3 heteroatoms. The van der Waals surface area contributed by atoms with Crippen molar-refractivity contribution >= 4 is 0 Å². The van der Waals surface area contributed by atoms with Crippen molar-refractivity contribution in [1.29, 1.82) is 0 Å². The lowest BCUT2D eigenvalue weighted by molar-refractivity contribution is 0.248. The molecule has 0 bridgehead atoms. The van der Waals surface area contributed by atoms with Crippen molar-refractivity contribution in [2.75, 3.05) is 32.7 Å². The molecule has 0 aliphatic carbocycles. The second-order valence-electron chi connectivity index (χ2n) is 5.40. The van der Waals surface area contributed by atoms with E-state index in [4.69, 9.17) is 0 Å². The van der Waals surface area contributed by atoms with E-state index < -0.39 is 0 Å². The molecule has 0 amide bonds. The molecule has 16 heavy (non-hydrogen) atoms. The fourth-order valence-corrected chi connectivity index (χ4v) is 2.88. The van der Waals surface area contributed by atoms with E-state index in [0.717, 1.165) is 19.1 Å². The fourth-order valence-electron chi connectivity index (χ4n) is 2.88. The van der Waals surface area contributed by atoms with E-state index in [1.807, 2.05) is 0 Å². The van der Waals surface area contributed by atoms with Gasteiger partial charge < -0.3 is 10.6 Å². The molecule has 2 unspecified atom stereocenters. The van der Waals surface area contributed by atoms with Crippen LogP contribution in [-0.2, 0) is 0 Å². The molecule has 0 aromatic heterocycles. The third-order valence-electron chi connectivity index (χ3n) is 4.01. The minimum Gasteiger partial charge on any atom is -0.314 e. The van der Waals surface area contributed by atoms with Crippen LogP contribution in [0.3, 0.4) is 0 Å². The normalized spacial score (nSPS) is 29.4. The van der Waals surface area contributed by atoms with Gasteiger partial charge in [0, 0.05) is 25.2 Å². The summed E-state index contributed by atoms with van der Waals surface area (Å²) in [7, 11) is 0. The van der Waals surface area contributed by atoms with Crippen LogP contribution in [0.15, 0.2) is 0 Å². The molecule has 3 nitrogen and oxygen atoms in total. The summed E-state index contributed by atoms with van der Waals surface area (Å²) in [5.74, 6) is 0. The number of likely N-dealkylation sites (tertiary alicyclic amines) is 1. The Morgan fingerprint density at radius 1 is 1.25 bits per heavy atom. The van der Waals surface area contributed by atoms with Crippen LogP contribution in [0.1, 0.15) is 39.0 Å². The van der Waals surface area contributed by atoms with Crippen molar-refractivity contribution in [1.82, 2.24) is 15.5 Å². The Morgan fingerprint density at radius 3 is 2.75 bits per heavy atom. The molecule has 0 radical (unpaired) electrons. The molecule has 2 heterocycles. The lowest BCUT2D eigenvalue weighted by Crippen LogP contribution is -2.45. The Labute approximate surface area is 100.0 Å². The van der Waals surface area contributed by atoms with Crippen molar-refractivity contribution in [3.05, 3.63) is 0 Å². The van der Waals surface area contributed by atoms with E-state index in [1.165, 1.54) is 51.7 Å². The molecule has 0 saturated carbocycles. The monoisotopic (exact) mass is 225 g/mol. The van der Waals surface area contributed by atoms with Crippen LogP contribution in [0.25, 0.3) is 0 Å². The summed E-state index contributed by atoms with van der Waals surface area (Å²) in [5, 5.41) is 7.21. The molecular weight excluding hydrogens is 198 g/mol. The van der Waals surface area contributed by atoms with Gasteiger partial charge in [-0.25, -0.2) is 0 Å². The molecule has 2 fully saturated rings. The number of hydrogen-bond donors (Lipinski definition) is 2. The van der Waals surface area contributed by atoms with Gasteiger partial charge in [-0.1, -0.05) is 6.42 Å². The second-order valence-corrected chi connectivity index (χ2v) is 5.40. The van der Waals surface area contributed by atoms with Gasteiger partial charge in [-0.2, -0.15) is 0 Å². The maximum atomic E-state index is 3.63. The molecule has 2 aliphatic heterocycles. The summed E-state index contributed by atoms with van der Waals surface area (Å²) in [5.41, 5.74) is 0. The van der Waals surface area contributed by atoms with Gasteiger partial charge in [0.2, 0.25) is 0 Å². The van der Waals surface area contributed by atoms with Gasteiger partial charge in [-0.3, -0.25) is 4.90 Å². The highest BCUT2D eigenvalue weighted by Crippen LogP contribution is 2.11. The summed E-state index contributed by atoms with van der Waals surface area (Å²) in [4.78, 5) is 2.61. The number of nitrogens with one attached hydrogen (secondary N) is 2. The summed E-state index contributed by atoms with van der Waals surface area (Å²) < 4.78 is 0. The third kappa shape index (κ3) is 3.72. The molecule has 2 N–H and O–H groups in total. The molecule has 0 aromatic rings. The van der Waals surface area contributed by atoms with Gasteiger partial charge in [0.1, 0.15) is 0 Å². The van der Waals surface area contributed by atoms with Crippen LogP contribution in [0, 0.1) is 0 Å². The van der Waals surface area contributed by atoms with Crippen molar-refractivity contribution in [3.8, 4) is 0 Å². The second kappa shape index (κ2) is 6.58. The lowest BCUT2D eigenvalue weighted by atomic mass is 10.1. The van der Waals surface area contributed by atoms with Crippen LogP contribution >= 0.6 is 0 Å². The first-order valence-electron chi connectivity index (χ1n) is 7.04. The van der Waals surface area contributed by atoms with Crippen molar-refractivity contribution < 1.29 is 0 Å². The number of piperidine rings is 1. The molecule has 2 atom stereocenters. The van der Waals surface area contributed by atoms with E-state index in [-0.39, 0.29) is 0 Å². The average molecular weight is 225 g/mol. The third-order valence-corrected chi connectivity index (χ3v) is 4.01. The summed E-state index contributed by atoms with van der Waals surface area (Å²) in [6, 6.07) is 1.44. The Morgan fingerprint density at radius 2 is 2.06 bits per heavy atom. The van der Waals surface area contributed by atoms with Crippen LogP contribution < -0.4 is 10.6 Å². The van der Waals surface area contributed by atoms with E-state index in [9.17, 15) is 0 Å². The Hall–Kier alpha value is -0.120. The Balaban J connectivity index is 1.56. The van der Waals surface area contributed by atoms with E-state index in [0.29, 0.717) is 6.04 Å². The SMILES string of the molecule is CC(CNCC1CCCCN1)N1CCCC1. The zero-order chi connectivity index (χ0) is 11.2. The van der Waals surface area contributed by atoms with Crippen LogP contribution in [0.5, 0.6) is 0 Å². The van der Waals surface area contributed by atoms with E-state index in [1.54, 1.807) is 0 Å². The van der Waals surface area contributed by atoms with Crippen LogP contribution in [0.4, 0.5) is 0 Å². The molecule has 0 aromatic carbocycles. The topological polar surface area (TPSA) is 27.3 Å². The molecule has 0 spiro atoms. The quantitative estimate of drug-likeness (QED) is 0.736. The van der Waals surface area contributed by atoms with Gasteiger partial charge >= 0.3 is 0 Å². The van der Waals surface area contributed by atoms with E-state index >= 15 is 0 Å². The summed E-state index contributed by atoms with van der Waals surface area (Å²) >= 11 is 0. The van der Waals surface area contributed by atoms with Gasteiger partial charge in [-0.15, -0.1) is 0 Å². The minimum atomic E-state index is 0.714. The Bertz CT molecular complexity index is 184. The number of rotatable bonds is 5. The highest BCUT2D eigenvalue weighted by atomic mass is 15.2. The number of hydrogen-bond acceptors (Lipinski definition) is 3. The van der Waals surface area contributed by atoms with Crippen molar-refractivity contribution in [2.24, 2.45) is 0 Å². The predicted octanol–water partition coefficient (Wildman–Crippen LogP) is 1.20. The molecule has 94 valence electrons. The molecular formula is C13H27N3. The standard InChI is InChI=1S/C13H27N3/c1-12(16-8-4-5-9-16)10-14-11-13-6-2-3-7-15-13/h12-15H,2-11H2,1H3. The zero-order valence-electron chi connectivity index (χ0n) is 10.7. The van der Waals surface area contributed by atoms with Gasteiger partial charge in [0.15, 0.2) is 0 Å². The first-order chi connectivity index (χ1) is 7.86. The van der Waals surface area contributed by atoms with E-state index in [2.05, 4.69) is 22.5 Å². The highest BCUT2D eigenvalue weighted by molar-refractivity contribution is 4.78. The Kier molecular flexibility index (Phi) is 5.07. The molecule has 2 aliphatic rings. The summed E-state index contributed by atoms with van der Waals surface area (Å²) in [6.45, 7) is 8.49. The van der Waals surface area contributed by atoms with Crippen molar-refractivity contribution in [3.63, 3.8) is 0 Å². The minimum absolute atomic E-state index is 0.714. The van der Waals surface area contributed by atoms with Gasteiger partial charge in [-0.05, 0) is 52.2 Å². The average Bonchev–Trinajstić information content (AvgIpc) is 2.84. The largest absolute Gasteiger partial charge is 0.314 e. The highest BCUT2D eigenvalue weighted by Gasteiger charge is 2.18. The lowest BCUT2D eigenvalue weighted by Gasteiger charge is -2.27. The maximum Gasteiger partial charge on any atom is 0.0192 e. The maximum absolute atomic E-state index is 3.63. The van der Waals surface area contributed by atoms with Crippen molar-refractivity contribution in [2.45, 2.75) is 51.1 Å². The first kappa shape index (κ1) is 12.3. The molecule has 2 saturated heterocycles. The number of nitrogens with zero attached hydrogens (tertiary/aromatic N) is 1. The fraction of sp³-hybridized carbons (Fsp3) is 1.00. The smallest absolute Gasteiger partial charge is 0.0192 e. The summed E-state index contributed by atoms with van der Waals surface area (Å²) in [6.07, 6.45) is 6.91. The predicted molar refractivity (Wildman–Crippen MR) is 68.8 cm³/mol. The van der Waals surface area contributed by atoms with Gasteiger partial charge in [0.05, 0.1) is 0 Å². The zero-order valence-corrected chi connectivity index (χ0v) is 10.7. The van der Waals surface area contributed by atoms with Crippen LogP contribution in [-0.4, -0.2) is 49.7 Å². The van der Waals surface area contributed by atoms with Gasteiger partial charge in [0.25, 0.3) is 0 Å². The molecule has 2 rings (SSSR count).